The van der Waals surface area contributed by atoms with Crippen LogP contribution in [0.1, 0.15) is 21.5 Å². The number of amides is 1. The molecule has 0 saturated carbocycles. The lowest BCUT2D eigenvalue weighted by Gasteiger charge is -2.11. The third kappa shape index (κ3) is 3.81. The quantitative estimate of drug-likeness (QED) is 0.700. The molecule has 0 aliphatic heterocycles. The molecule has 7 heteroatoms. The number of rotatable bonds is 2. The lowest BCUT2D eigenvalue weighted by Crippen LogP contribution is -2.13. The topological polar surface area (TPSA) is 29.1 Å². The second-order valence-electron chi connectivity index (χ2n) is 4.61. The van der Waals surface area contributed by atoms with E-state index in [9.17, 15) is 18.0 Å². The van der Waals surface area contributed by atoms with Crippen LogP contribution in [0, 0.1) is 6.92 Å². The Hall–Kier alpha value is -1.53. The fourth-order valence-electron chi connectivity index (χ4n) is 1.76. The Kier molecular flexibility index (Phi) is 4.82. The summed E-state index contributed by atoms with van der Waals surface area (Å²) in [6, 6.07) is 7.32. The smallest absolute Gasteiger partial charge is 0.321 e. The summed E-state index contributed by atoms with van der Waals surface area (Å²) >= 11 is 9.22. The van der Waals surface area contributed by atoms with Crippen molar-refractivity contribution in [3.05, 3.63) is 62.6 Å². The Labute approximate surface area is 138 Å². The molecule has 2 rings (SSSR count). The van der Waals surface area contributed by atoms with E-state index in [1.165, 1.54) is 0 Å². The van der Waals surface area contributed by atoms with Gasteiger partial charge in [0.1, 0.15) is 0 Å². The molecule has 0 aliphatic rings. The molecule has 0 heterocycles. The van der Waals surface area contributed by atoms with E-state index in [1.807, 2.05) is 0 Å². The van der Waals surface area contributed by atoms with Crippen LogP contribution in [0.3, 0.4) is 0 Å². The molecule has 2 aromatic rings. The van der Waals surface area contributed by atoms with Gasteiger partial charge in [0.05, 0.1) is 11.3 Å². The molecule has 1 amide bonds. The van der Waals surface area contributed by atoms with E-state index in [2.05, 4.69) is 21.2 Å². The first-order valence-corrected chi connectivity index (χ1v) is 7.30. The summed E-state index contributed by atoms with van der Waals surface area (Å²) in [5.74, 6) is -0.504. The highest BCUT2D eigenvalue weighted by molar-refractivity contribution is 9.10. The number of benzene rings is 2. The molecule has 116 valence electrons. The summed E-state index contributed by atoms with van der Waals surface area (Å²) in [7, 11) is 0. The van der Waals surface area contributed by atoms with E-state index >= 15 is 0 Å². The maximum absolute atomic E-state index is 12.5. The van der Waals surface area contributed by atoms with Crippen LogP contribution in [0.4, 0.5) is 18.9 Å². The molecule has 22 heavy (non-hydrogen) atoms. The predicted octanol–water partition coefficient (Wildman–Crippen LogP) is 5.68. The number of hydrogen-bond acceptors (Lipinski definition) is 1. The van der Waals surface area contributed by atoms with Crippen molar-refractivity contribution in [2.24, 2.45) is 0 Å². The number of nitrogens with one attached hydrogen (secondary N) is 1. The molecule has 0 unspecified atom stereocenters. The summed E-state index contributed by atoms with van der Waals surface area (Å²) in [4.78, 5) is 12.1. The Balaban J connectivity index is 2.21. The predicted molar refractivity (Wildman–Crippen MR) is 83.3 cm³/mol. The van der Waals surface area contributed by atoms with E-state index < -0.39 is 17.6 Å². The van der Waals surface area contributed by atoms with Crippen molar-refractivity contribution in [2.45, 2.75) is 13.1 Å². The Bertz CT molecular complexity index is 714. The lowest BCUT2D eigenvalue weighted by atomic mass is 10.1. The standard InChI is InChI=1S/C15H10BrClF3NO/c1-8-6-13(11(16)7-12(8)17)21-14(22)9-2-4-10(5-3-9)15(18,19)20/h2-7H,1H3,(H,21,22). The maximum atomic E-state index is 12.5. The molecule has 0 fully saturated rings. The molecule has 0 saturated heterocycles. The van der Waals surface area contributed by atoms with Crippen LogP contribution in [0.5, 0.6) is 0 Å². The molecule has 2 nitrogen and oxygen atoms in total. The van der Waals surface area contributed by atoms with E-state index in [0.717, 1.165) is 29.8 Å². The molecule has 0 bridgehead atoms. The summed E-state index contributed by atoms with van der Waals surface area (Å²) in [5, 5.41) is 3.17. The molecular formula is C15H10BrClF3NO. The van der Waals surface area contributed by atoms with Crippen molar-refractivity contribution in [3.63, 3.8) is 0 Å². The fraction of sp³-hybridized carbons (Fsp3) is 0.133. The van der Waals surface area contributed by atoms with Crippen molar-refractivity contribution in [2.75, 3.05) is 5.32 Å². The number of halogens is 5. The molecule has 0 radical (unpaired) electrons. The third-order valence-corrected chi connectivity index (χ3v) is 4.03. The average Bonchev–Trinajstić information content (AvgIpc) is 2.44. The molecular weight excluding hydrogens is 383 g/mol. The lowest BCUT2D eigenvalue weighted by molar-refractivity contribution is -0.137. The second-order valence-corrected chi connectivity index (χ2v) is 5.87. The SMILES string of the molecule is Cc1cc(NC(=O)c2ccc(C(F)(F)F)cc2)c(Br)cc1Cl. The average molecular weight is 393 g/mol. The Morgan fingerprint density at radius 3 is 2.32 bits per heavy atom. The first-order chi connectivity index (χ1) is 10.2. The molecule has 0 aromatic heterocycles. The van der Waals surface area contributed by atoms with Crippen molar-refractivity contribution in [3.8, 4) is 0 Å². The Morgan fingerprint density at radius 2 is 1.77 bits per heavy atom. The van der Waals surface area contributed by atoms with Crippen LogP contribution in [0.2, 0.25) is 5.02 Å². The van der Waals surface area contributed by atoms with Gasteiger partial charge in [0.25, 0.3) is 5.91 Å². The van der Waals surface area contributed by atoms with Gasteiger partial charge in [-0.15, -0.1) is 0 Å². The highest BCUT2D eigenvalue weighted by atomic mass is 79.9. The van der Waals surface area contributed by atoms with Gasteiger partial charge in [-0.1, -0.05) is 11.6 Å². The van der Waals surface area contributed by atoms with Crippen LogP contribution in [0.25, 0.3) is 0 Å². The zero-order valence-electron chi connectivity index (χ0n) is 11.3. The van der Waals surface area contributed by atoms with E-state index in [4.69, 9.17) is 11.6 Å². The minimum Gasteiger partial charge on any atom is -0.321 e. The number of aryl methyl sites for hydroxylation is 1. The van der Waals surface area contributed by atoms with Gasteiger partial charge in [0.15, 0.2) is 0 Å². The van der Waals surface area contributed by atoms with Gasteiger partial charge in [0.2, 0.25) is 0 Å². The van der Waals surface area contributed by atoms with Crippen LogP contribution in [-0.4, -0.2) is 5.91 Å². The monoisotopic (exact) mass is 391 g/mol. The van der Waals surface area contributed by atoms with Crippen LogP contribution in [0.15, 0.2) is 40.9 Å². The van der Waals surface area contributed by atoms with Crippen LogP contribution in [-0.2, 0) is 6.18 Å². The van der Waals surface area contributed by atoms with Crippen molar-refractivity contribution in [1.29, 1.82) is 0 Å². The summed E-state index contributed by atoms with van der Waals surface area (Å²) in [6.07, 6.45) is -4.43. The van der Waals surface area contributed by atoms with Gasteiger partial charge in [-0.3, -0.25) is 4.79 Å². The first-order valence-electron chi connectivity index (χ1n) is 6.13. The maximum Gasteiger partial charge on any atom is 0.416 e. The van der Waals surface area contributed by atoms with Crippen molar-refractivity contribution < 1.29 is 18.0 Å². The summed E-state index contributed by atoms with van der Waals surface area (Å²) < 4.78 is 38.0. The summed E-state index contributed by atoms with van der Waals surface area (Å²) in [5.41, 5.74) is 0.597. The first kappa shape index (κ1) is 16.8. The van der Waals surface area contributed by atoms with Gasteiger partial charge in [-0.05, 0) is 64.8 Å². The largest absolute Gasteiger partial charge is 0.416 e. The minimum atomic E-state index is -4.43. The normalized spacial score (nSPS) is 11.4. The van der Waals surface area contributed by atoms with Crippen molar-refractivity contribution >= 4 is 39.1 Å². The molecule has 0 aliphatic carbocycles. The number of carbonyl (C=O) groups is 1. The molecule has 1 N–H and O–H groups in total. The fourth-order valence-corrected chi connectivity index (χ4v) is 2.50. The van der Waals surface area contributed by atoms with E-state index in [-0.39, 0.29) is 5.56 Å². The van der Waals surface area contributed by atoms with Gasteiger partial charge in [-0.2, -0.15) is 13.2 Å². The summed E-state index contributed by atoms with van der Waals surface area (Å²) in [6.45, 7) is 1.78. The van der Waals surface area contributed by atoms with Gasteiger partial charge in [-0.25, -0.2) is 0 Å². The zero-order valence-corrected chi connectivity index (χ0v) is 13.6. The van der Waals surface area contributed by atoms with E-state index in [0.29, 0.717) is 15.2 Å². The van der Waals surface area contributed by atoms with Crippen LogP contribution < -0.4 is 5.32 Å². The number of alkyl halides is 3. The zero-order chi connectivity index (χ0) is 16.5. The highest BCUT2D eigenvalue weighted by Crippen LogP contribution is 2.31. The second kappa shape index (κ2) is 6.30. The van der Waals surface area contributed by atoms with Crippen molar-refractivity contribution in [1.82, 2.24) is 0 Å². The molecule has 0 atom stereocenters. The third-order valence-electron chi connectivity index (χ3n) is 2.97. The minimum absolute atomic E-state index is 0.132. The Morgan fingerprint density at radius 1 is 1.18 bits per heavy atom. The highest BCUT2D eigenvalue weighted by Gasteiger charge is 2.30. The number of anilines is 1. The molecule has 0 spiro atoms. The number of carbonyl (C=O) groups excluding carboxylic acids is 1. The van der Waals surface area contributed by atoms with E-state index in [1.54, 1.807) is 19.1 Å². The van der Waals surface area contributed by atoms with Crippen LogP contribution >= 0.6 is 27.5 Å². The molecule has 2 aromatic carbocycles. The van der Waals surface area contributed by atoms with Gasteiger partial charge in [0, 0.05) is 15.1 Å². The van der Waals surface area contributed by atoms with Gasteiger partial charge < -0.3 is 5.32 Å². The number of hydrogen-bond donors (Lipinski definition) is 1. The van der Waals surface area contributed by atoms with Gasteiger partial charge >= 0.3 is 6.18 Å².